The summed E-state index contributed by atoms with van der Waals surface area (Å²) < 4.78 is 17.1. The number of rotatable bonds is 8. The van der Waals surface area contributed by atoms with E-state index in [1.807, 2.05) is 42.5 Å². The zero-order valence-corrected chi connectivity index (χ0v) is 17.2. The summed E-state index contributed by atoms with van der Waals surface area (Å²) in [5, 5.41) is 13.5. The van der Waals surface area contributed by atoms with E-state index >= 15 is 0 Å². The Kier molecular flexibility index (Phi) is 8.86. The van der Waals surface area contributed by atoms with Gasteiger partial charge >= 0.3 is 0 Å². The molecule has 0 aromatic heterocycles. The van der Waals surface area contributed by atoms with Gasteiger partial charge in [0, 0.05) is 37.8 Å². The third-order valence-corrected chi connectivity index (χ3v) is 4.88. The van der Waals surface area contributed by atoms with Gasteiger partial charge in [-0.05, 0) is 11.6 Å². The van der Waals surface area contributed by atoms with E-state index in [1.165, 1.54) is 0 Å². The Balaban J connectivity index is 0.00000280. The Bertz CT molecular complexity index is 724. The summed E-state index contributed by atoms with van der Waals surface area (Å²) in [4.78, 5) is 2.27. The Hall–Kier alpha value is -1.99. The summed E-state index contributed by atoms with van der Waals surface area (Å²) >= 11 is 0. The van der Waals surface area contributed by atoms with Crippen molar-refractivity contribution in [1.29, 1.82) is 0 Å². The first kappa shape index (κ1) is 22.3. The van der Waals surface area contributed by atoms with Crippen LogP contribution in [-0.4, -0.2) is 57.0 Å². The highest BCUT2D eigenvalue weighted by Crippen LogP contribution is 2.39. The first-order chi connectivity index (χ1) is 13.3. The molecule has 1 fully saturated rings. The van der Waals surface area contributed by atoms with Gasteiger partial charge in [-0.25, -0.2) is 0 Å². The summed E-state index contributed by atoms with van der Waals surface area (Å²) in [6.07, 6.45) is 0. The van der Waals surface area contributed by atoms with Gasteiger partial charge in [0.15, 0.2) is 11.5 Å². The van der Waals surface area contributed by atoms with Gasteiger partial charge in [-0.3, -0.25) is 4.90 Å². The van der Waals surface area contributed by atoms with Crippen LogP contribution in [0.4, 0.5) is 0 Å². The SMILES string of the molecule is COc1cc(OCc2ccccc2)c([C@@H](CO)N2CCNCC2)cc1OC.Cl. The summed E-state index contributed by atoms with van der Waals surface area (Å²) in [6, 6.07) is 13.6. The van der Waals surface area contributed by atoms with Gasteiger partial charge < -0.3 is 24.6 Å². The van der Waals surface area contributed by atoms with E-state index in [2.05, 4.69) is 10.2 Å². The number of piperazine rings is 1. The van der Waals surface area contributed by atoms with Crippen LogP contribution in [-0.2, 0) is 6.61 Å². The Morgan fingerprint density at radius 3 is 2.25 bits per heavy atom. The van der Waals surface area contributed by atoms with E-state index in [9.17, 15) is 5.11 Å². The van der Waals surface area contributed by atoms with E-state index in [0.717, 1.165) is 37.3 Å². The molecule has 0 spiro atoms. The minimum atomic E-state index is -0.155. The number of nitrogens with one attached hydrogen (secondary N) is 1. The van der Waals surface area contributed by atoms with Crippen LogP contribution in [0.3, 0.4) is 0 Å². The molecule has 0 unspecified atom stereocenters. The third-order valence-electron chi connectivity index (χ3n) is 4.88. The molecule has 1 atom stereocenters. The molecule has 0 amide bonds. The molecule has 3 rings (SSSR count). The average molecular weight is 409 g/mol. The van der Waals surface area contributed by atoms with Gasteiger partial charge in [-0.15, -0.1) is 12.4 Å². The summed E-state index contributed by atoms with van der Waals surface area (Å²) in [5.74, 6) is 1.95. The Morgan fingerprint density at radius 2 is 1.64 bits per heavy atom. The number of aliphatic hydroxyl groups excluding tert-OH is 1. The lowest BCUT2D eigenvalue weighted by molar-refractivity contribution is 0.107. The van der Waals surface area contributed by atoms with Crippen molar-refractivity contribution in [2.24, 2.45) is 0 Å². The zero-order chi connectivity index (χ0) is 19.1. The fourth-order valence-corrected chi connectivity index (χ4v) is 3.40. The van der Waals surface area contributed by atoms with Gasteiger partial charge in [-0.2, -0.15) is 0 Å². The van der Waals surface area contributed by atoms with Crippen molar-refractivity contribution in [3.63, 3.8) is 0 Å². The second-order valence-electron chi connectivity index (χ2n) is 6.50. The minimum absolute atomic E-state index is 0. The van der Waals surface area contributed by atoms with E-state index in [-0.39, 0.29) is 25.1 Å². The molecule has 154 valence electrons. The van der Waals surface area contributed by atoms with Crippen LogP contribution in [0.25, 0.3) is 0 Å². The quantitative estimate of drug-likeness (QED) is 0.700. The number of aliphatic hydroxyl groups is 1. The number of methoxy groups -OCH3 is 2. The Morgan fingerprint density at radius 1 is 1.00 bits per heavy atom. The maximum atomic E-state index is 10.1. The third kappa shape index (κ3) is 5.29. The van der Waals surface area contributed by atoms with Crippen molar-refractivity contribution in [3.8, 4) is 17.2 Å². The van der Waals surface area contributed by atoms with Crippen molar-refractivity contribution in [1.82, 2.24) is 10.2 Å². The fourth-order valence-electron chi connectivity index (χ4n) is 3.40. The molecule has 0 radical (unpaired) electrons. The molecule has 2 aromatic carbocycles. The molecule has 7 heteroatoms. The van der Waals surface area contributed by atoms with Crippen LogP contribution in [0.2, 0.25) is 0 Å². The monoisotopic (exact) mass is 408 g/mol. The first-order valence-corrected chi connectivity index (χ1v) is 9.25. The molecular weight excluding hydrogens is 380 g/mol. The standard InChI is InChI=1S/C21H28N2O4.ClH/c1-25-20-12-17(18(14-24)23-10-8-22-9-11-23)19(13-21(20)26-2)27-15-16-6-4-3-5-7-16;/h3-7,12-13,18,22,24H,8-11,14-15H2,1-2H3;1H/t18-;/m1./s1. The number of ether oxygens (including phenoxy) is 3. The second kappa shape index (κ2) is 11.1. The minimum Gasteiger partial charge on any atom is -0.493 e. The lowest BCUT2D eigenvalue weighted by Gasteiger charge is -2.35. The van der Waals surface area contributed by atoms with Crippen LogP contribution in [0.15, 0.2) is 42.5 Å². The summed E-state index contributed by atoms with van der Waals surface area (Å²) in [5.41, 5.74) is 1.99. The van der Waals surface area contributed by atoms with E-state index in [0.29, 0.717) is 23.9 Å². The van der Waals surface area contributed by atoms with Crippen LogP contribution in [0, 0.1) is 0 Å². The largest absolute Gasteiger partial charge is 0.493 e. The van der Waals surface area contributed by atoms with Crippen LogP contribution < -0.4 is 19.5 Å². The summed E-state index contributed by atoms with van der Waals surface area (Å²) in [7, 11) is 3.23. The van der Waals surface area contributed by atoms with Gasteiger partial charge in [0.25, 0.3) is 0 Å². The molecule has 6 nitrogen and oxygen atoms in total. The van der Waals surface area contributed by atoms with Crippen LogP contribution in [0.5, 0.6) is 17.2 Å². The van der Waals surface area contributed by atoms with E-state index in [1.54, 1.807) is 14.2 Å². The topological polar surface area (TPSA) is 63.2 Å². The molecule has 0 aliphatic carbocycles. The van der Waals surface area contributed by atoms with Crippen molar-refractivity contribution in [2.45, 2.75) is 12.6 Å². The maximum absolute atomic E-state index is 10.1. The lowest BCUT2D eigenvalue weighted by Crippen LogP contribution is -2.46. The van der Waals surface area contributed by atoms with Gasteiger partial charge in [0.1, 0.15) is 12.4 Å². The fraction of sp³-hybridized carbons (Fsp3) is 0.429. The predicted molar refractivity (Wildman–Crippen MR) is 112 cm³/mol. The van der Waals surface area contributed by atoms with Crippen molar-refractivity contribution in [2.75, 3.05) is 47.0 Å². The molecular formula is C21H29ClN2O4. The highest BCUT2D eigenvalue weighted by Gasteiger charge is 2.26. The molecule has 1 aliphatic rings. The normalized spacial score (nSPS) is 15.4. The van der Waals surface area contributed by atoms with Crippen LogP contribution in [0.1, 0.15) is 17.2 Å². The molecule has 0 saturated carbocycles. The molecule has 1 saturated heterocycles. The van der Waals surface area contributed by atoms with Crippen molar-refractivity contribution in [3.05, 3.63) is 53.6 Å². The second-order valence-corrected chi connectivity index (χ2v) is 6.50. The van der Waals surface area contributed by atoms with Gasteiger partial charge in [0.05, 0.1) is 26.9 Å². The van der Waals surface area contributed by atoms with Crippen molar-refractivity contribution >= 4 is 12.4 Å². The maximum Gasteiger partial charge on any atom is 0.164 e. The molecule has 2 N–H and O–H groups in total. The predicted octanol–water partition coefficient (Wildman–Crippen LogP) is 2.64. The van der Waals surface area contributed by atoms with E-state index in [4.69, 9.17) is 14.2 Å². The van der Waals surface area contributed by atoms with Crippen molar-refractivity contribution < 1.29 is 19.3 Å². The highest BCUT2D eigenvalue weighted by molar-refractivity contribution is 5.85. The van der Waals surface area contributed by atoms with Gasteiger partial charge in [0.2, 0.25) is 0 Å². The van der Waals surface area contributed by atoms with Gasteiger partial charge in [-0.1, -0.05) is 30.3 Å². The lowest BCUT2D eigenvalue weighted by atomic mass is 10.0. The molecule has 0 bridgehead atoms. The number of halogens is 1. The molecule has 1 heterocycles. The molecule has 28 heavy (non-hydrogen) atoms. The Labute approximate surface area is 172 Å². The summed E-state index contributed by atoms with van der Waals surface area (Å²) in [6.45, 7) is 4.02. The number of benzene rings is 2. The first-order valence-electron chi connectivity index (χ1n) is 9.25. The number of hydrogen-bond donors (Lipinski definition) is 2. The average Bonchev–Trinajstić information content (AvgIpc) is 2.74. The number of nitrogens with zero attached hydrogens (tertiary/aromatic N) is 1. The smallest absolute Gasteiger partial charge is 0.164 e. The molecule has 1 aliphatic heterocycles. The van der Waals surface area contributed by atoms with Crippen LogP contribution >= 0.6 is 12.4 Å². The highest BCUT2D eigenvalue weighted by atomic mass is 35.5. The zero-order valence-electron chi connectivity index (χ0n) is 16.4. The molecule has 2 aromatic rings. The van der Waals surface area contributed by atoms with E-state index < -0.39 is 0 Å². The number of hydrogen-bond acceptors (Lipinski definition) is 6.